The number of carbonyl (C=O) groups is 2. The quantitative estimate of drug-likeness (QED) is 0.835. The number of esters is 1. The van der Waals surface area contributed by atoms with E-state index < -0.39 is 5.97 Å². The van der Waals surface area contributed by atoms with Crippen LogP contribution in [0, 0.1) is 12.8 Å². The summed E-state index contributed by atoms with van der Waals surface area (Å²) in [6.45, 7) is 3.87. The first kappa shape index (κ1) is 16.7. The Bertz CT molecular complexity index is 516. The Labute approximate surface area is 126 Å². The van der Waals surface area contributed by atoms with Crippen LogP contribution < -0.4 is 5.32 Å². The monoisotopic (exact) mass is 343 g/mol. The molecule has 0 aliphatic rings. The van der Waals surface area contributed by atoms with Gasteiger partial charge in [-0.25, -0.2) is 4.79 Å². The lowest BCUT2D eigenvalue weighted by atomic mass is 10.1. The van der Waals surface area contributed by atoms with Gasteiger partial charge in [-0.2, -0.15) is 0 Å². The summed E-state index contributed by atoms with van der Waals surface area (Å²) in [5.74, 6) is -0.881. The number of methoxy groups -OCH3 is 2. The van der Waals surface area contributed by atoms with Gasteiger partial charge in [-0.1, -0.05) is 6.92 Å². The second-order valence-corrected chi connectivity index (χ2v) is 5.29. The van der Waals surface area contributed by atoms with Gasteiger partial charge >= 0.3 is 5.97 Å². The molecule has 1 aromatic rings. The minimum absolute atomic E-state index is 0.159. The number of amides is 1. The smallest absolute Gasteiger partial charge is 0.339 e. The number of halogens is 1. The molecule has 0 bridgehead atoms. The fraction of sp³-hybridized carbons (Fsp3) is 0.429. The molecule has 0 saturated carbocycles. The Morgan fingerprint density at radius 1 is 1.35 bits per heavy atom. The molecule has 1 amide bonds. The highest BCUT2D eigenvalue weighted by molar-refractivity contribution is 9.10. The predicted molar refractivity (Wildman–Crippen MR) is 79.9 cm³/mol. The fourth-order valence-electron chi connectivity index (χ4n) is 1.75. The first-order valence-electron chi connectivity index (χ1n) is 6.09. The van der Waals surface area contributed by atoms with Gasteiger partial charge in [0.2, 0.25) is 5.91 Å². The number of nitrogens with one attached hydrogen (secondary N) is 1. The van der Waals surface area contributed by atoms with Crippen molar-refractivity contribution in [1.29, 1.82) is 0 Å². The molecular formula is C14H18BrNO4. The van der Waals surface area contributed by atoms with Gasteiger partial charge in [-0.3, -0.25) is 4.79 Å². The lowest BCUT2D eigenvalue weighted by Crippen LogP contribution is -2.24. The molecule has 20 heavy (non-hydrogen) atoms. The Morgan fingerprint density at radius 3 is 2.55 bits per heavy atom. The van der Waals surface area contributed by atoms with E-state index in [0.29, 0.717) is 27.9 Å². The molecule has 1 aromatic carbocycles. The first-order chi connectivity index (χ1) is 9.42. The number of rotatable bonds is 5. The summed E-state index contributed by atoms with van der Waals surface area (Å²) < 4.78 is 10.3. The van der Waals surface area contributed by atoms with Crippen LogP contribution in [-0.2, 0) is 14.3 Å². The average molecular weight is 344 g/mol. The molecule has 1 N–H and O–H groups in total. The molecule has 0 saturated heterocycles. The normalized spacial score (nSPS) is 11.8. The van der Waals surface area contributed by atoms with Gasteiger partial charge in [0.05, 0.1) is 25.2 Å². The van der Waals surface area contributed by atoms with E-state index in [-0.39, 0.29) is 11.8 Å². The van der Waals surface area contributed by atoms with Crippen LogP contribution in [0.1, 0.15) is 22.8 Å². The van der Waals surface area contributed by atoms with Gasteiger partial charge < -0.3 is 14.8 Å². The van der Waals surface area contributed by atoms with E-state index in [4.69, 9.17) is 9.47 Å². The van der Waals surface area contributed by atoms with Crippen LogP contribution in [-0.4, -0.2) is 32.7 Å². The van der Waals surface area contributed by atoms with Crippen LogP contribution in [0.25, 0.3) is 0 Å². The van der Waals surface area contributed by atoms with E-state index in [9.17, 15) is 9.59 Å². The van der Waals surface area contributed by atoms with Gasteiger partial charge in [0.15, 0.2) is 0 Å². The molecule has 0 aromatic heterocycles. The van der Waals surface area contributed by atoms with Crippen LogP contribution in [0.2, 0.25) is 0 Å². The Morgan fingerprint density at radius 2 is 2.00 bits per heavy atom. The lowest BCUT2D eigenvalue weighted by molar-refractivity contribution is -0.120. The number of ether oxygens (including phenoxy) is 2. The first-order valence-corrected chi connectivity index (χ1v) is 6.88. The SMILES string of the molecule is COCC(C)C(=O)Nc1ccc(Br)c(C(=O)OC)c1C. The highest BCUT2D eigenvalue weighted by Gasteiger charge is 2.19. The number of anilines is 1. The van der Waals surface area contributed by atoms with E-state index in [0.717, 1.165) is 0 Å². The van der Waals surface area contributed by atoms with Crippen LogP contribution >= 0.6 is 15.9 Å². The van der Waals surface area contributed by atoms with Crippen LogP contribution in [0.3, 0.4) is 0 Å². The second-order valence-electron chi connectivity index (χ2n) is 4.43. The zero-order valence-corrected chi connectivity index (χ0v) is 13.5. The maximum absolute atomic E-state index is 12.0. The molecule has 6 heteroatoms. The van der Waals surface area contributed by atoms with Crippen molar-refractivity contribution in [3.63, 3.8) is 0 Å². The average Bonchev–Trinajstić information content (AvgIpc) is 2.41. The van der Waals surface area contributed by atoms with Crippen molar-refractivity contribution in [3.8, 4) is 0 Å². The van der Waals surface area contributed by atoms with Crippen molar-refractivity contribution in [2.24, 2.45) is 5.92 Å². The zero-order valence-electron chi connectivity index (χ0n) is 12.0. The summed E-state index contributed by atoms with van der Waals surface area (Å²) in [7, 11) is 2.87. The third kappa shape index (κ3) is 3.80. The zero-order chi connectivity index (χ0) is 15.3. The minimum atomic E-state index is -0.449. The molecular weight excluding hydrogens is 326 g/mol. The number of benzene rings is 1. The molecule has 0 fully saturated rings. The Kier molecular flexibility index (Phi) is 6.16. The molecule has 110 valence electrons. The summed E-state index contributed by atoms with van der Waals surface area (Å²) in [6.07, 6.45) is 0. The third-order valence-corrected chi connectivity index (χ3v) is 3.59. The predicted octanol–water partition coefficient (Wildman–Crippen LogP) is 2.77. The van der Waals surface area contributed by atoms with Gasteiger partial charge in [-0.15, -0.1) is 0 Å². The molecule has 0 heterocycles. The van der Waals surface area contributed by atoms with E-state index in [1.165, 1.54) is 7.11 Å². The molecule has 0 spiro atoms. The van der Waals surface area contributed by atoms with Crippen molar-refractivity contribution >= 4 is 33.5 Å². The van der Waals surface area contributed by atoms with E-state index in [2.05, 4.69) is 21.2 Å². The molecule has 1 rings (SSSR count). The van der Waals surface area contributed by atoms with Crippen molar-refractivity contribution in [1.82, 2.24) is 0 Å². The van der Waals surface area contributed by atoms with Crippen molar-refractivity contribution in [3.05, 3.63) is 27.7 Å². The summed E-state index contributed by atoms with van der Waals surface area (Å²) in [6, 6.07) is 3.44. The number of carbonyl (C=O) groups excluding carboxylic acids is 2. The van der Waals surface area contributed by atoms with Gasteiger partial charge in [-0.05, 0) is 40.5 Å². The van der Waals surface area contributed by atoms with Gasteiger partial charge in [0, 0.05) is 17.3 Å². The lowest BCUT2D eigenvalue weighted by Gasteiger charge is -2.15. The highest BCUT2D eigenvalue weighted by Crippen LogP contribution is 2.27. The van der Waals surface area contributed by atoms with Crippen molar-refractivity contribution in [2.45, 2.75) is 13.8 Å². The summed E-state index contributed by atoms with van der Waals surface area (Å²) in [4.78, 5) is 23.7. The molecule has 0 radical (unpaired) electrons. The minimum Gasteiger partial charge on any atom is -0.465 e. The second kappa shape index (κ2) is 7.40. The maximum Gasteiger partial charge on any atom is 0.339 e. The molecule has 0 aliphatic heterocycles. The largest absolute Gasteiger partial charge is 0.465 e. The van der Waals surface area contributed by atoms with E-state index in [1.807, 2.05) is 0 Å². The highest BCUT2D eigenvalue weighted by atomic mass is 79.9. The maximum atomic E-state index is 12.0. The van der Waals surface area contributed by atoms with Crippen LogP contribution in [0.5, 0.6) is 0 Å². The topological polar surface area (TPSA) is 64.6 Å². The van der Waals surface area contributed by atoms with Gasteiger partial charge in [0.1, 0.15) is 0 Å². The van der Waals surface area contributed by atoms with Crippen molar-refractivity contribution in [2.75, 3.05) is 26.1 Å². The molecule has 1 unspecified atom stereocenters. The van der Waals surface area contributed by atoms with Crippen LogP contribution in [0.4, 0.5) is 5.69 Å². The molecule has 1 atom stereocenters. The van der Waals surface area contributed by atoms with Crippen LogP contribution in [0.15, 0.2) is 16.6 Å². The van der Waals surface area contributed by atoms with Gasteiger partial charge in [0.25, 0.3) is 0 Å². The standard InChI is InChI=1S/C14H18BrNO4/c1-8(7-19-3)13(17)16-11-6-5-10(15)12(9(11)2)14(18)20-4/h5-6,8H,7H2,1-4H3,(H,16,17). The Hall–Kier alpha value is -1.40. The fourth-order valence-corrected chi connectivity index (χ4v) is 2.34. The third-order valence-electron chi connectivity index (χ3n) is 2.93. The molecule has 0 aliphatic carbocycles. The van der Waals surface area contributed by atoms with Crippen molar-refractivity contribution < 1.29 is 19.1 Å². The van der Waals surface area contributed by atoms with E-state index >= 15 is 0 Å². The number of hydrogen-bond acceptors (Lipinski definition) is 4. The summed E-state index contributed by atoms with van der Waals surface area (Å²) in [5, 5.41) is 2.79. The Balaban J connectivity index is 3.03. The van der Waals surface area contributed by atoms with E-state index in [1.54, 1.807) is 33.1 Å². The summed E-state index contributed by atoms with van der Waals surface area (Å²) >= 11 is 3.31. The summed E-state index contributed by atoms with van der Waals surface area (Å²) in [5.41, 5.74) is 1.65. The molecule has 5 nitrogen and oxygen atoms in total. The number of hydrogen-bond donors (Lipinski definition) is 1.